The lowest BCUT2D eigenvalue weighted by Gasteiger charge is -2.41. The molecule has 17 heteroatoms. The van der Waals surface area contributed by atoms with Crippen LogP contribution in [0.5, 0.6) is 0 Å². The van der Waals surface area contributed by atoms with Crippen molar-refractivity contribution in [1.29, 1.82) is 0 Å². The zero-order valence-corrected chi connectivity index (χ0v) is 11.0. The third-order valence-corrected chi connectivity index (χ3v) is 3.60. The van der Waals surface area contributed by atoms with Crippen LogP contribution >= 0.6 is 0 Å². The molecule has 1 rings (SSSR count). The van der Waals surface area contributed by atoms with Gasteiger partial charge in [-0.3, -0.25) is 0 Å². The van der Waals surface area contributed by atoms with E-state index in [2.05, 4.69) is 0 Å². The quantitative estimate of drug-likeness (QED) is 0.686. The smallest absolute Gasteiger partial charge is 0.460 e. The standard InChI is InChI=1S/C9HF15O2/c10-2(1(25)26)4(12,13)3(11,6(16,17)5(2,14)15)7(18,19)8(20,21)9(22,23)24/h(H,25,26). The molecule has 1 aliphatic carbocycles. The minimum atomic E-state index is -8.45. The molecule has 0 heterocycles. The second-order valence-electron chi connectivity index (χ2n) is 4.99. The number of carboxylic acids is 1. The van der Waals surface area contributed by atoms with Gasteiger partial charge in [0, 0.05) is 0 Å². The van der Waals surface area contributed by atoms with Gasteiger partial charge < -0.3 is 5.11 Å². The zero-order valence-electron chi connectivity index (χ0n) is 11.0. The number of hydrogen-bond acceptors (Lipinski definition) is 1. The molecule has 0 radical (unpaired) electrons. The Morgan fingerprint density at radius 3 is 1.23 bits per heavy atom. The van der Waals surface area contributed by atoms with Crippen LogP contribution in [0.2, 0.25) is 0 Å². The monoisotopic (exact) mass is 426 g/mol. The molecule has 1 N–H and O–H groups in total. The van der Waals surface area contributed by atoms with Crippen molar-refractivity contribution < 1.29 is 75.8 Å². The van der Waals surface area contributed by atoms with Crippen molar-refractivity contribution in [3.8, 4) is 0 Å². The van der Waals surface area contributed by atoms with Crippen LogP contribution in [0.15, 0.2) is 0 Å². The Labute approximate surface area is 130 Å². The van der Waals surface area contributed by atoms with Gasteiger partial charge in [-0.1, -0.05) is 0 Å². The molecule has 2 unspecified atom stereocenters. The number of aliphatic carboxylic acids is 1. The summed E-state index contributed by atoms with van der Waals surface area (Å²) in [6.07, 6.45) is -7.76. The predicted molar refractivity (Wildman–Crippen MR) is 46.1 cm³/mol. The minimum absolute atomic E-state index is 4.42. The Morgan fingerprint density at radius 1 is 0.654 bits per heavy atom. The van der Waals surface area contributed by atoms with Crippen LogP contribution in [0, 0.1) is 0 Å². The maximum atomic E-state index is 13.8. The largest absolute Gasteiger partial charge is 0.479 e. The fraction of sp³-hybridized carbons (Fsp3) is 0.889. The maximum Gasteiger partial charge on any atom is 0.460 e. The number of hydrogen-bond donors (Lipinski definition) is 1. The van der Waals surface area contributed by atoms with Gasteiger partial charge in [-0.15, -0.1) is 0 Å². The van der Waals surface area contributed by atoms with Crippen molar-refractivity contribution in [1.82, 2.24) is 0 Å². The van der Waals surface area contributed by atoms with E-state index >= 15 is 0 Å². The number of carboxylic acid groups (broad SMARTS) is 1. The molecule has 2 nitrogen and oxygen atoms in total. The summed E-state index contributed by atoms with van der Waals surface area (Å²) < 4.78 is 195. The van der Waals surface area contributed by atoms with Gasteiger partial charge in [0.1, 0.15) is 0 Å². The molecule has 0 aromatic heterocycles. The highest BCUT2D eigenvalue weighted by molar-refractivity contribution is 5.83. The Kier molecular flexibility index (Phi) is 4.16. The highest BCUT2D eigenvalue weighted by Gasteiger charge is 3.08. The average molecular weight is 426 g/mol. The predicted octanol–water partition coefficient (Wildman–Crippen LogP) is 4.24. The molecule has 2 atom stereocenters. The van der Waals surface area contributed by atoms with E-state index in [9.17, 15) is 70.7 Å². The van der Waals surface area contributed by atoms with E-state index in [0.717, 1.165) is 0 Å². The molecule has 1 fully saturated rings. The molecule has 0 aromatic carbocycles. The summed E-state index contributed by atoms with van der Waals surface area (Å²) in [4.78, 5) is 10.2. The van der Waals surface area contributed by atoms with Crippen molar-refractivity contribution in [2.24, 2.45) is 0 Å². The lowest BCUT2D eigenvalue weighted by atomic mass is 9.83. The first kappa shape index (κ1) is 22.5. The molecular formula is C9HF15O2. The Morgan fingerprint density at radius 2 is 1.00 bits per heavy atom. The fourth-order valence-electron chi connectivity index (χ4n) is 2.12. The third-order valence-electron chi connectivity index (χ3n) is 3.60. The first-order valence-corrected chi connectivity index (χ1v) is 5.51. The van der Waals surface area contributed by atoms with Gasteiger partial charge in [0.25, 0.3) is 0 Å². The van der Waals surface area contributed by atoms with Crippen LogP contribution in [0.3, 0.4) is 0 Å². The van der Waals surface area contributed by atoms with Gasteiger partial charge in [0.15, 0.2) is 0 Å². The second-order valence-corrected chi connectivity index (χ2v) is 4.99. The second kappa shape index (κ2) is 4.82. The molecule has 154 valence electrons. The number of rotatable bonds is 3. The fourth-order valence-corrected chi connectivity index (χ4v) is 2.12. The average Bonchev–Trinajstić information content (AvgIpc) is 2.47. The van der Waals surface area contributed by atoms with Gasteiger partial charge in [-0.05, 0) is 0 Å². The highest BCUT2D eigenvalue weighted by atomic mass is 19.4. The Bertz CT molecular complexity index is 621. The van der Waals surface area contributed by atoms with Crippen molar-refractivity contribution in [2.75, 3.05) is 0 Å². The first-order chi connectivity index (χ1) is 10.9. The van der Waals surface area contributed by atoms with E-state index in [-0.39, 0.29) is 0 Å². The van der Waals surface area contributed by atoms with E-state index in [4.69, 9.17) is 5.11 Å². The Hall–Kier alpha value is -1.58. The number of carbonyl (C=O) groups is 1. The van der Waals surface area contributed by atoms with E-state index in [0.29, 0.717) is 0 Å². The van der Waals surface area contributed by atoms with Crippen LogP contribution in [0.25, 0.3) is 0 Å². The van der Waals surface area contributed by atoms with Crippen molar-refractivity contribution in [3.05, 3.63) is 0 Å². The summed E-state index contributed by atoms with van der Waals surface area (Å²) >= 11 is 0. The molecule has 1 aliphatic rings. The van der Waals surface area contributed by atoms with Crippen molar-refractivity contribution in [3.63, 3.8) is 0 Å². The topological polar surface area (TPSA) is 37.3 Å². The summed E-state index contributed by atoms with van der Waals surface area (Å²) in [7, 11) is 0. The van der Waals surface area contributed by atoms with Gasteiger partial charge in [-0.25, -0.2) is 13.6 Å². The van der Waals surface area contributed by atoms with Crippen LogP contribution in [0.4, 0.5) is 65.9 Å². The normalized spacial score (nSPS) is 34.0. The molecule has 26 heavy (non-hydrogen) atoms. The van der Waals surface area contributed by atoms with Crippen LogP contribution in [-0.4, -0.2) is 58.2 Å². The van der Waals surface area contributed by atoms with Gasteiger partial charge in [-0.2, -0.15) is 57.1 Å². The third kappa shape index (κ3) is 1.76. The molecule has 0 bridgehead atoms. The van der Waals surface area contributed by atoms with E-state index in [1.54, 1.807) is 0 Å². The first-order valence-electron chi connectivity index (χ1n) is 5.51. The van der Waals surface area contributed by atoms with E-state index < -0.39 is 53.1 Å². The molecule has 0 spiro atoms. The van der Waals surface area contributed by atoms with Gasteiger partial charge in [0.05, 0.1) is 0 Å². The lowest BCUT2D eigenvalue weighted by molar-refractivity contribution is -0.420. The van der Waals surface area contributed by atoms with Crippen LogP contribution in [-0.2, 0) is 4.79 Å². The van der Waals surface area contributed by atoms with Crippen LogP contribution in [0.1, 0.15) is 0 Å². The zero-order chi connectivity index (χ0) is 21.6. The molecule has 0 aromatic rings. The summed E-state index contributed by atoms with van der Waals surface area (Å²) in [6.45, 7) is 0. The Balaban J connectivity index is 4.05. The lowest BCUT2D eigenvalue weighted by Crippen LogP contribution is -2.73. The molecule has 0 saturated heterocycles. The van der Waals surface area contributed by atoms with Gasteiger partial charge >= 0.3 is 53.1 Å². The van der Waals surface area contributed by atoms with Gasteiger partial charge in [0.2, 0.25) is 0 Å². The van der Waals surface area contributed by atoms with E-state index in [1.807, 2.05) is 0 Å². The number of alkyl halides is 15. The SMILES string of the molecule is O=C(O)C1(F)C(F)(F)C(F)(F)C(F)(C(F)(F)C(F)(F)C(F)(F)F)C1(F)F. The summed E-state index contributed by atoms with van der Waals surface area (Å²) in [5.74, 6) is -44.7. The maximum absolute atomic E-state index is 13.8. The molecular weight excluding hydrogens is 425 g/mol. The highest BCUT2D eigenvalue weighted by Crippen LogP contribution is 2.74. The van der Waals surface area contributed by atoms with Crippen molar-refractivity contribution >= 4 is 5.97 Å². The summed E-state index contributed by atoms with van der Waals surface area (Å²) in [5, 5.41) is 7.95. The molecule has 0 amide bonds. The molecule has 1 saturated carbocycles. The molecule has 0 aliphatic heterocycles. The van der Waals surface area contributed by atoms with Crippen LogP contribution < -0.4 is 0 Å². The summed E-state index contributed by atoms with van der Waals surface area (Å²) in [5.41, 5.74) is -15.6. The minimum Gasteiger partial charge on any atom is -0.479 e. The number of halogens is 15. The van der Waals surface area contributed by atoms with E-state index in [1.165, 1.54) is 0 Å². The van der Waals surface area contributed by atoms with Crippen molar-refractivity contribution in [2.45, 2.75) is 47.1 Å². The summed E-state index contributed by atoms with van der Waals surface area (Å²) in [6, 6.07) is 0.